The largest absolute Gasteiger partial charge is 0.455 e. The van der Waals surface area contributed by atoms with Crippen LogP contribution in [0.15, 0.2) is 59.1 Å². The van der Waals surface area contributed by atoms with Crippen molar-refractivity contribution in [3.63, 3.8) is 0 Å². The van der Waals surface area contributed by atoms with E-state index in [9.17, 15) is 0 Å². The molecule has 2 nitrogen and oxygen atoms in total. The standard InChI is InChI=1S/C20H18NO/c1-13-10-11-21(3)17(12-13)19-14(2)8-9-16-15-6-4-5-7-18(15)22-20(16)19/h4-12H,1-3H3/q+1. The van der Waals surface area contributed by atoms with Gasteiger partial charge < -0.3 is 4.42 Å². The highest BCUT2D eigenvalue weighted by Crippen LogP contribution is 2.36. The Morgan fingerprint density at radius 3 is 2.59 bits per heavy atom. The van der Waals surface area contributed by atoms with Crippen molar-refractivity contribution < 1.29 is 8.98 Å². The van der Waals surface area contributed by atoms with Crippen LogP contribution >= 0.6 is 0 Å². The van der Waals surface area contributed by atoms with Gasteiger partial charge in [-0.05, 0) is 31.0 Å². The zero-order chi connectivity index (χ0) is 15.3. The van der Waals surface area contributed by atoms with Crippen LogP contribution in [0, 0.1) is 13.8 Å². The summed E-state index contributed by atoms with van der Waals surface area (Å²) in [4.78, 5) is 0. The Morgan fingerprint density at radius 2 is 1.73 bits per heavy atom. The number of para-hydroxylation sites is 1. The van der Waals surface area contributed by atoms with Gasteiger partial charge in [0.25, 0.3) is 0 Å². The van der Waals surface area contributed by atoms with Crippen molar-refractivity contribution in [3.8, 4) is 11.3 Å². The molecule has 0 atom stereocenters. The molecule has 0 spiro atoms. The van der Waals surface area contributed by atoms with Gasteiger partial charge in [-0.25, -0.2) is 4.57 Å². The van der Waals surface area contributed by atoms with E-state index in [4.69, 9.17) is 4.42 Å². The van der Waals surface area contributed by atoms with Gasteiger partial charge in [-0.15, -0.1) is 0 Å². The van der Waals surface area contributed by atoms with Crippen molar-refractivity contribution in [2.24, 2.45) is 7.05 Å². The van der Waals surface area contributed by atoms with Crippen LogP contribution in [0.25, 0.3) is 33.2 Å². The lowest BCUT2D eigenvalue weighted by Crippen LogP contribution is -2.30. The number of fused-ring (bicyclic) bond motifs is 3. The highest BCUT2D eigenvalue weighted by molar-refractivity contribution is 6.09. The van der Waals surface area contributed by atoms with Crippen molar-refractivity contribution in [1.82, 2.24) is 0 Å². The van der Waals surface area contributed by atoms with Gasteiger partial charge in [0, 0.05) is 22.9 Å². The smallest absolute Gasteiger partial charge is 0.216 e. The van der Waals surface area contributed by atoms with Crippen molar-refractivity contribution in [2.75, 3.05) is 0 Å². The predicted octanol–water partition coefficient (Wildman–Crippen LogP) is 4.69. The number of aryl methyl sites for hydroxylation is 3. The fourth-order valence-electron chi connectivity index (χ4n) is 3.13. The Morgan fingerprint density at radius 1 is 0.909 bits per heavy atom. The summed E-state index contributed by atoms with van der Waals surface area (Å²) in [5.41, 5.74) is 6.76. The molecule has 2 heteroatoms. The average molecular weight is 288 g/mol. The highest BCUT2D eigenvalue weighted by Gasteiger charge is 2.20. The second-order valence-electron chi connectivity index (χ2n) is 5.93. The Kier molecular flexibility index (Phi) is 2.80. The van der Waals surface area contributed by atoms with Crippen molar-refractivity contribution in [1.29, 1.82) is 0 Å². The van der Waals surface area contributed by atoms with Crippen LogP contribution in [-0.4, -0.2) is 0 Å². The first-order chi connectivity index (χ1) is 10.6. The summed E-state index contributed by atoms with van der Waals surface area (Å²) in [6, 6.07) is 16.9. The number of pyridine rings is 1. The van der Waals surface area contributed by atoms with E-state index in [0.717, 1.165) is 11.2 Å². The van der Waals surface area contributed by atoms with Gasteiger partial charge in [0.05, 0.1) is 5.56 Å². The van der Waals surface area contributed by atoms with Gasteiger partial charge in [-0.3, -0.25) is 0 Å². The van der Waals surface area contributed by atoms with Crippen molar-refractivity contribution in [3.05, 3.63) is 65.9 Å². The number of nitrogens with zero attached hydrogens (tertiary/aromatic N) is 1. The molecule has 4 aromatic rings. The maximum Gasteiger partial charge on any atom is 0.216 e. The molecule has 108 valence electrons. The van der Waals surface area contributed by atoms with E-state index in [1.165, 1.54) is 33.2 Å². The highest BCUT2D eigenvalue weighted by atomic mass is 16.3. The van der Waals surface area contributed by atoms with Crippen molar-refractivity contribution >= 4 is 21.9 Å². The molecule has 0 saturated carbocycles. The van der Waals surface area contributed by atoms with Crippen LogP contribution in [0.2, 0.25) is 0 Å². The summed E-state index contributed by atoms with van der Waals surface area (Å²) in [7, 11) is 2.08. The molecule has 2 heterocycles. The molecule has 2 aromatic carbocycles. The van der Waals surface area contributed by atoms with E-state index in [0.29, 0.717) is 0 Å². The number of aromatic nitrogens is 1. The monoisotopic (exact) mass is 288 g/mol. The number of benzene rings is 2. The topological polar surface area (TPSA) is 17.0 Å². The van der Waals surface area contributed by atoms with Crippen LogP contribution in [-0.2, 0) is 7.05 Å². The maximum absolute atomic E-state index is 6.20. The maximum atomic E-state index is 6.20. The summed E-state index contributed by atoms with van der Waals surface area (Å²) in [6.07, 6.45) is 2.10. The van der Waals surface area contributed by atoms with E-state index in [1.807, 2.05) is 12.1 Å². The average Bonchev–Trinajstić information content (AvgIpc) is 2.88. The molecule has 22 heavy (non-hydrogen) atoms. The van der Waals surface area contributed by atoms with Crippen LogP contribution in [0.1, 0.15) is 11.1 Å². The van der Waals surface area contributed by atoms with E-state index in [1.54, 1.807) is 0 Å². The van der Waals surface area contributed by atoms with Crippen molar-refractivity contribution in [2.45, 2.75) is 13.8 Å². The normalized spacial score (nSPS) is 11.4. The Labute approximate surface area is 129 Å². The fourth-order valence-corrected chi connectivity index (χ4v) is 3.13. The second kappa shape index (κ2) is 4.70. The lowest BCUT2D eigenvalue weighted by Gasteiger charge is -2.06. The first-order valence-corrected chi connectivity index (χ1v) is 7.52. The molecule has 0 N–H and O–H groups in total. The third kappa shape index (κ3) is 1.84. The quantitative estimate of drug-likeness (QED) is 0.464. The third-order valence-electron chi connectivity index (χ3n) is 4.32. The number of hydrogen-bond donors (Lipinski definition) is 0. The lowest BCUT2D eigenvalue weighted by molar-refractivity contribution is -0.660. The summed E-state index contributed by atoms with van der Waals surface area (Å²) < 4.78 is 8.36. The Balaban J connectivity index is 2.17. The first kappa shape index (κ1) is 13.1. The second-order valence-corrected chi connectivity index (χ2v) is 5.93. The fraction of sp³-hybridized carbons (Fsp3) is 0.150. The van der Waals surface area contributed by atoms with Gasteiger partial charge in [-0.2, -0.15) is 0 Å². The summed E-state index contributed by atoms with van der Waals surface area (Å²) >= 11 is 0. The summed E-state index contributed by atoms with van der Waals surface area (Å²) in [5, 5.41) is 2.35. The molecule has 0 amide bonds. The first-order valence-electron chi connectivity index (χ1n) is 7.52. The number of furan rings is 1. The van der Waals surface area contributed by atoms with E-state index < -0.39 is 0 Å². The van der Waals surface area contributed by atoms with Gasteiger partial charge >= 0.3 is 0 Å². The molecular weight excluding hydrogens is 270 g/mol. The minimum Gasteiger partial charge on any atom is -0.455 e. The molecular formula is C20H18NO+. The van der Waals surface area contributed by atoms with E-state index in [-0.39, 0.29) is 0 Å². The summed E-state index contributed by atoms with van der Waals surface area (Å²) in [5.74, 6) is 0. The number of hydrogen-bond acceptors (Lipinski definition) is 1. The summed E-state index contributed by atoms with van der Waals surface area (Å²) in [6.45, 7) is 4.27. The minimum absolute atomic E-state index is 0.944. The lowest BCUT2D eigenvalue weighted by atomic mass is 10.00. The van der Waals surface area contributed by atoms with Crippen LogP contribution in [0.4, 0.5) is 0 Å². The molecule has 0 aliphatic heterocycles. The zero-order valence-corrected chi connectivity index (χ0v) is 13.1. The molecule has 0 bridgehead atoms. The molecule has 0 fully saturated rings. The molecule has 0 unspecified atom stereocenters. The molecule has 2 aromatic heterocycles. The van der Waals surface area contributed by atoms with Crippen LogP contribution in [0.5, 0.6) is 0 Å². The Bertz CT molecular complexity index is 1010. The molecule has 0 radical (unpaired) electrons. The van der Waals surface area contributed by atoms with Gasteiger partial charge in [0.15, 0.2) is 6.20 Å². The molecule has 4 rings (SSSR count). The van der Waals surface area contributed by atoms with E-state index in [2.05, 4.69) is 68.1 Å². The van der Waals surface area contributed by atoms with Gasteiger partial charge in [0.2, 0.25) is 5.69 Å². The third-order valence-corrected chi connectivity index (χ3v) is 4.32. The predicted molar refractivity (Wildman–Crippen MR) is 89.8 cm³/mol. The van der Waals surface area contributed by atoms with Crippen LogP contribution < -0.4 is 4.57 Å². The zero-order valence-electron chi connectivity index (χ0n) is 13.1. The van der Waals surface area contributed by atoms with Gasteiger partial charge in [-0.1, -0.05) is 30.3 Å². The van der Waals surface area contributed by atoms with E-state index >= 15 is 0 Å². The molecule has 0 aliphatic rings. The molecule has 0 aliphatic carbocycles. The van der Waals surface area contributed by atoms with Gasteiger partial charge in [0.1, 0.15) is 18.2 Å². The minimum atomic E-state index is 0.944. The van der Waals surface area contributed by atoms with Crippen LogP contribution in [0.3, 0.4) is 0 Å². The number of rotatable bonds is 1. The Hall–Kier alpha value is -2.61. The molecule has 0 saturated heterocycles. The SMILES string of the molecule is Cc1cc[n+](C)c(-c2c(C)ccc3c2oc2ccccc23)c1.